The summed E-state index contributed by atoms with van der Waals surface area (Å²) in [5.41, 5.74) is 5.57. The summed E-state index contributed by atoms with van der Waals surface area (Å²) in [6, 6.07) is 0. The van der Waals surface area contributed by atoms with Crippen LogP contribution in [0, 0.1) is 46.3 Å². The largest absolute Gasteiger partial charge is 0.372 e. The Morgan fingerprint density at radius 3 is 2.32 bits per heavy atom. The fourth-order valence-corrected chi connectivity index (χ4v) is 9.05. The molecule has 0 spiro atoms. The van der Waals surface area contributed by atoms with Crippen LogP contribution in [0.1, 0.15) is 111 Å². The second-order valence-electron chi connectivity index (χ2n) is 11.2. The van der Waals surface area contributed by atoms with E-state index in [1.807, 2.05) is 0 Å². The summed E-state index contributed by atoms with van der Waals surface area (Å²) < 4.78 is 0. The highest BCUT2D eigenvalue weighted by Gasteiger charge is 2.60. The number of rotatable bonds is 4. The van der Waals surface area contributed by atoms with Gasteiger partial charge in [-0.05, 0) is 97.7 Å². The molecule has 4 saturated carbocycles. The van der Waals surface area contributed by atoms with E-state index in [1.165, 1.54) is 38.5 Å². The first-order valence-corrected chi connectivity index (χ1v) is 12.6. The van der Waals surface area contributed by atoms with Crippen molar-refractivity contribution in [2.45, 2.75) is 111 Å². The van der Waals surface area contributed by atoms with E-state index in [0.717, 1.165) is 35.5 Å². The molecule has 4 fully saturated rings. The van der Waals surface area contributed by atoms with E-state index in [9.17, 15) is 0 Å². The summed E-state index contributed by atoms with van der Waals surface area (Å²) in [5, 5.41) is 0. The summed E-state index contributed by atoms with van der Waals surface area (Å²) in [7, 11) is 0. The Morgan fingerprint density at radius 1 is 0.929 bits per heavy atom. The molecule has 162 valence electrons. The molecule has 28 heavy (non-hydrogen) atoms. The van der Waals surface area contributed by atoms with Gasteiger partial charge in [-0.3, -0.25) is 4.79 Å². The van der Waals surface area contributed by atoms with E-state index in [2.05, 4.69) is 33.4 Å². The van der Waals surface area contributed by atoms with E-state index >= 15 is 0 Å². The smallest absolute Gasteiger partial charge is 0.204 e. The highest BCUT2D eigenvalue weighted by molar-refractivity contribution is 5.42. The van der Waals surface area contributed by atoms with Gasteiger partial charge in [0.15, 0.2) is 0 Å². The Hall–Kier alpha value is -0.530. The van der Waals surface area contributed by atoms with Gasteiger partial charge in [-0.25, -0.2) is 0 Å². The van der Waals surface area contributed by atoms with Crippen LogP contribution in [0.5, 0.6) is 0 Å². The molecule has 4 aliphatic carbocycles. The van der Waals surface area contributed by atoms with E-state index in [1.54, 1.807) is 44.9 Å². The van der Waals surface area contributed by atoms with Crippen molar-refractivity contribution in [3.8, 4) is 0 Å². The molecule has 6 unspecified atom stereocenters. The number of hydrogen-bond donors (Lipinski definition) is 1. The molecular weight excluding hydrogens is 342 g/mol. The first-order valence-electron chi connectivity index (χ1n) is 12.6. The zero-order valence-corrected chi connectivity index (χ0v) is 19.2. The Labute approximate surface area is 174 Å². The van der Waals surface area contributed by atoms with Gasteiger partial charge in [-0.15, -0.1) is 0 Å². The van der Waals surface area contributed by atoms with Gasteiger partial charge in [-0.2, -0.15) is 0 Å². The molecular formula is C26H47NO. The first-order chi connectivity index (χ1) is 13.5. The Bertz CT molecular complexity index is 519. The highest BCUT2D eigenvalue weighted by atomic mass is 16.1. The van der Waals surface area contributed by atoms with Crippen LogP contribution in [0.3, 0.4) is 0 Å². The third-order valence-electron chi connectivity index (χ3n) is 10.4. The number of primary amides is 1. The Balaban J connectivity index is 0.000000706. The van der Waals surface area contributed by atoms with E-state index in [4.69, 9.17) is 4.79 Å². The summed E-state index contributed by atoms with van der Waals surface area (Å²) in [6.45, 7) is 10.4. The van der Waals surface area contributed by atoms with Crippen molar-refractivity contribution in [2.24, 2.45) is 52.1 Å². The van der Waals surface area contributed by atoms with Crippen molar-refractivity contribution in [2.75, 3.05) is 0 Å². The predicted octanol–water partition coefficient (Wildman–Crippen LogP) is 6.96. The number of carbonyl (C=O) groups excluding carboxylic acids is 1. The molecule has 2 N–H and O–H groups in total. The van der Waals surface area contributed by atoms with E-state index in [-0.39, 0.29) is 6.41 Å². The first kappa shape index (κ1) is 22.2. The standard InChI is InChI=1S/C25H44.CH3NO/c1-5-7-10-19-12-13-22-20-17-18(6-2)21-11-8-9-15-25(21,4)23(20)14-16-24(19,22)3;2-1-3/h18-23H,5-17H2,1-4H3;1H,(H2,2,3)/t18-,19?,20?,21?,22?,23-,24?,25?;/m0./s1. The van der Waals surface area contributed by atoms with Gasteiger partial charge in [0, 0.05) is 0 Å². The van der Waals surface area contributed by atoms with Crippen LogP contribution >= 0.6 is 0 Å². The second kappa shape index (κ2) is 9.09. The molecule has 0 saturated heterocycles. The summed E-state index contributed by atoms with van der Waals surface area (Å²) in [4.78, 5) is 8.58. The molecule has 4 rings (SSSR count). The Morgan fingerprint density at radius 2 is 1.64 bits per heavy atom. The lowest BCUT2D eigenvalue weighted by Gasteiger charge is -2.62. The van der Waals surface area contributed by atoms with Gasteiger partial charge in [0.25, 0.3) is 0 Å². The van der Waals surface area contributed by atoms with Gasteiger partial charge in [0.1, 0.15) is 0 Å². The summed E-state index contributed by atoms with van der Waals surface area (Å²) in [5.74, 6) is 6.38. The number of nitrogens with two attached hydrogens (primary N) is 1. The van der Waals surface area contributed by atoms with Crippen LogP contribution in [0.15, 0.2) is 0 Å². The maximum atomic E-state index is 8.58. The minimum atomic E-state index is 0.250. The molecule has 0 radical (unpaired) electrons. The Kier molecular flexibility index (Phi) is 7.19. The lowest BCUT2D eigenvalue weighted by molar-refractivity contribution is -0.135. The molecule has 8 atom stereocenters. The van der Waals surface area contributed by atoms with E-state index in [0.29, 0.717) is 10.8 Å². The summed E-state index contributed by atoms with van der Waals surface area (Å²) >= 11 is 0. The van der Waals surface area contributed by atoms with Crippen molar-refractivity contribution in [1.29, 1.82) is 0 Å². The van der Waals surface area contributed by atoms with Crippen LogP contribution in [0.25, 0.3) is 0 Å². The molecule has 4 aliphatic rings. The lowest BCUT2D eigenvalue weighted by atomic mass is 9.42. The highest BCUT2D eigenvalue weighted by Crippen LogP contribution is 2.69. The average Bonchev–Trinajstić information content (AvgIpc) is 3.02. The number of amides is 1. The minimum Gasteiger partial charge on any atom is -0.372 e. The monoisotopic (exact) mass is 389 g/mol. The molecule has 0 bridgehead atoms. The zero-order chi connectivity index (χ0) is 20.4. The quantitative estimate of drug-likeness (QED) is 0.519. The SMILES string of the molecule is CCCCC1CCC2C3C[C@H](CC)C4CCCCC4(C)[C@H]3CCC12C.NC=O. The summed E-state index contributed by atoms with van der Waals surface area (Å²) in [6.07, 6.45) is 20.1. The number of hydrogen-bond acceptors (Lipinski definition) is 1. The van der Waals surface area contributed by atoms with Crippen LogP contribution in [0.4, 0.5) is 0 Å². The van der Waals surface area contributed by atoms with Gasteiger partial charge in [-0.1, -0.05) is 59.8 Å². The maximum absolute atomic E-state index is 8.58. The van der Waals surface area contributed by atoms with Crippen molar-refractivity contribution < 1.29 is 4.79 Å². The molecule has 0 aromatic carbocycles. The fraction of sp³-hybridized carbons (Fsp3) is 0.962. The van der Waals surface area contributed by atoms with Crippen LogP contribution in [-0.4, -0.2) is 6.41 Å². The van der Waals surface area contributed by atoms with Crippen molar-refractivity contribution in [3.05, 3.63) is 0 Å². The number of carbonyl (C=O) groups is 1. The molecule has 0 aliphatic heterocycles. The van der Waals surface area contributed by atoms with Crippen molar-refractivity contribution in [1.82, 2.24) is 0 Å². The van der Waals surface area contributed by atoms with Crippen LogP contribution in [0.2, 0.25) is 0 Å². The second-order valence-corrected chi connectivity index (χ2v) is 11.2. The normalized spacial score (nSPS) is 47.1. The topological polar surface area (TPSA) is 43.1 Å². The van der Waals surface area contributed by atoms with Gasteiger partial charge in [0.05, 0.1) is 0 Å². The third-order valence-corrected chi connectivity index (χ3v) is 10.4. The third kappa shape index (κ3) is 3.67. The van der Waals surface area contributed by atoms with E-state index < -0.39 is 0 Å². The van der Waals surface area contributed by atoms with Crippen molar-refractivity contribution >= 4 is 6.41 Å². The zero-order valence-electron chi connectivity index (χ0n) is 19.2. The lowest BCUT2D eigenvalue weighted by Crippen LogP contribution is -2.55. The van der Waals surface area contributed by atoms with Crippen molar-refractivity contribution in [3.63, 3.8) is 0 Å². The number of fused-ring (bicyclic) bond motifs is 5. The molecule has 2 heteroatoms. The number of unbranched alkanes of at least 4 members (excludes halogenated alkanes) is 1. The van der Waals surface area contributed by atoms with Gasteiger partial charge >= 0.3 is 0 Å². The molecule has 0 heterocycles. The van der Waals surface area contributed by atoms with Gasteiger partial charge < -0.3 is 5.73 Å². The predicted molar refractivity (Wildman–Crippen MR) is 119 cm³/mol. The molecule has 0 aromatic heterocycles. The van der Waals surface area contributed by atoms with Crippen LogP contribution in [-0.2, 0) is 4.79 Å². The molecule has 0 aromatic rings. The minimum absolute atomic E-state index is 0.250. The van der Waals surface area contributed by atoms with Gasteiger partial charge in [0.2, 0.25) is 6.41 Å². The molecule has 1 amide bonds. The average molecular weight is 390 g/mol. The van der Waals surface area contributed by atoms with Crippen LogP contribution < -0.4 is 5.73 Å². The molecule has 2 nitrogen and oxygen atoms in total. The maximum Gasteiger partial charge on any atom is 0.204 e. The fourth-order valence-electron chi connectivity index (χ4n) is 9.05.